The lowest BCUT2D eigenvalue weighted by Crippen LogP contribution is -2.14. The van der Waals surface area contributed by atoms with E-state index in [0.29, 0.717) is 17.3 Å². The van der Waals surface area contributed by atoms with Gasteiger partial charge in [-0.25, -0.2) is 4.98 Å². The summed E-state index contributed by atoms with van der Waals surface area (Å²) in [6, 6.07) is 11.3. The van der Waals surface area contributed by atoms with Crippen molar-refractivity contribution in [2.75, 3.05) is 10.6 Å². The van der Waals surface area contributed by atoms with Crippen molar-refractivity contribution in [3.8, 4) is 0 Å². The van der Waals surface area contributed by atoms with Crippen molar-refractivity contribution in [1.29, 1.82) is 0 Å². The maximum absolute atomic E-state index is 12.1. The van der Waals surface area contributed by atoms with Gasteiger partial charge in [0.05, 0.1) is 17.4 Å². The van der Waals surface area contributed by atoms with Crippen molar-refractivity contribution in [3.05, 3.63) is 52.6 Å². The summed E-state index contributed by atoms with van der Waals surface area (Å²) in [4.78, 5) is 16.4. The van der Waals surface area contributed by atoms with Crippen molar-refractivity contribution < 1.29 is 4.79 Å². The van der Waals surface area contributed by atoms with Crippen LogP contribution in [0, 0.1) is 0 Å². The van der Waals surface area contributed by atoms with Gasteiger partial charge in [-0.2, -0.15) is 0 Å². The van der Waals surface area contributed by atoms with Gasteiger partial charge in [0.25, 0.3) is 5.91 Å². The van der Waals surface area contributed by atoms with E-state index in [-0.39, 0.29) is 5.91 Å². The monoisotopic (exact) mass is 333 g/mol. The highest BCUT2D eigenvalue weighted by Crippen LogP contribution is 2.18. The molecule has 1 aromatic heterocycles. The van der Waals surface area contributed by atoms with Crippen molar-refractivity contribution in [3.63, 3.8) is 0 Å². The molecule has 0 aliphatic carbocycles. The molecule has 2 N–H and O–H groups in total. The van der Waals surface area contributed by atoms with Crippen LogP contribution < -0.4 is 10.6 Å². The van der Waals surface area contributed by atoms with Crippen LogP contribution in [0.15, 0.2) is 47.1 Å². The van der Waals surface area contributed by atoms with E-state index >= 15 is 0 Å². The molecule has 20 heavy (non-hydrogen) atoms. The fraction of sp³-hybridized carbons (Fsp3) is 0.200. The Labute approximate surface area is 126 Å². The highest BCUT2D eigenvalue weighted by Gasteiger charge is 2.09. The van der Waals surface area contributed by atoms with Crippen molar-refractivity contribution in [2.24, 2.45) is 0 Å². The largest absolute Gasteiger partial charge is 0.368 e. The first kappa shape index (κ1) is 14.5. The molecule has 0 radical (unpaired) electrons. The van der Waals surface area contributed by atoms with Crippen LogP contribution in [-0.4, -0.2) is 16.9 Å². The van der Waals surface area contributed by atoms with Crippen LogP contribution in [0.2, 0.25) is 0 Å². The number of nitrogens with zero attached hydrogens (tertiary/aromatic N) is 1. The van der Waals surface area contributed by atoms with Gasteiger partial charge in [0.15, 0.2) is 0 Å². The Morgan fingerprint density at radius 2 is 1.95 bits per heavy atom. The van der Waals surface area contributed by atoms with Gasteiger partial charge >= 0.3 is 0 Å². The summed E-state index contributed by atoms with van der Waals surface area (Å²) in [6.45, 7) is 4.09. The van der Waals surface area contributed by atoms with Crippen LogP contribution in [-0.2, 0) is 0 Å². The third-order valence-corrected chi connectivity index (χ3v) is 3.27. The third-order valence-electron chi connectivity index (χ3n) is 2.58. The van der Waals surface area contributed by atoms with Crippen LogP contribution in [0.4, 0.5) is 11.5 Å². The van der Waals surface area contributed by atoms with E-state index in [1.807, 2.05) is 44.2 Å². The molecule has 0 unspecified atom stereocenters. The first-order chi connectivity index (χ1) is 9.56. The van der Waals surface area contributed by atoms with E-state index in [1.54, 1.807) is 12.3 Å². The van der Waals surface area contributed by atoms with E-state index in [1.165, 1.54) is 0 Å². The molecule has 1 heterocycles. The predicted octanol–water partition coefficient (Wildman–Crippen LogP) is 3.92. The Bertz CT molecular complexity index is 596. The van der Waals surface area contributed by atoms with E-state index in [0.717, 1.165) is 10.3 Å². The summed E-state index contributed by atoms with van der Waals surface area (Å²) >= 11 is 3.36. The summed E-state index contributed by atoms with van der Waals surface area (Å²) in [5.41, 5.74) is 1.26. The van der Waals surface area contributed by atoms with Gasteiger partial charge < -0.3 is 10.6 Å². The van der Waals surface area contributed by atoms with Crippen molar-refractivity contribution in [1.82, 2.24) is 4.98 Å². The fourth-order valence-electron chi connectivity index (χ4n) is 1.69. The summed E-state index contributed by atoms with van der Waals surface area (Å²) < 4.78 is 0.767. The van der Waals surface area contributed by atoms with Gasteiger partial charge in [0.1, 0.15) is 5.82 Å². The molecule has 0 bridgehead atoms. The van der Waals surface area contributed by atoms with E-state index in [4.69, 9.17) is 0 Å². The fourth-order valence-corrected chi connectivity index (χ4v) is 2.16. The molecule has 4 nitrogen and oxygen atoms in total. The van der Waals surface area contributed by atoms with Crippen LogP contribution in [0.1, 0.15) is 24.2 Å². The number of aromatic nitrogens is 1. The highest BCUT2D eigenvalue weighted by molar-refractivity contribution is 9.10. The maximum atomic E-state index is 12.1. The number of carbonyl (C=O) groups is 1. The SMILES string of the molecule is CC(C)Nc1ccc(NC(=O)c2ccccc2Br)cn1. The number of amides is 1. The minimum absolute atomic E-state index is 0.163. The highest BCUT2D eigenvalue weighted by atomic mass is 79.9. The average molecular weight is 334 g/mol. The number of anilines is 2. The topological polar surface area (TPSA) is 54.0 Å². The second-order valence-electron chi connectivity index (χ2n) is 4.67. The molecule has 104 valence electrons. The molecular formula is C15H16BrN3O. The van der Waals surface area contributed by atoms with Gasteiger partial charge in [-0.05, 0) is 54.0 Å². The van der Waals surface area contributed by atoms with E-state index in [2.05, 4.69) is 31.5 Å². The number of rotatable bonds is 4. The molecule has 2 aromatic rings. The number of benzene rings is 1. The summed E-state index contributed by atoms with van der Waals surface area (Å²) in [6.07, 6.45) is 1.64. The quantitative estimate of drug-likeness (QED) is 0.891. The number of hydrogen-bond donors (Lipinski definition) is 2. The molecule has 2 rings (SSSR count). The molecule has 5 heteroatoms. The van der Waals surface area contributed by atoms with Crippen LogP contribution in [0.25, 0.3) is 0 Å². The lowest BCUT2D eigenvalue weighted by molar-refractivity contribution is 0.102. The minimum atomic E-state index is -0.163. The Morgan fingerprint density at radius 1 is 1.20 bits per heavy atom. The van der Waals surface area contributed by atoms with Gasteiger partial charge in [0.2, 0.25) is 0 Å². The first-order valence-electron chi connectivity index (χ1n) is 6.34. The second kappa shape index (κ2) is 6.52. The van der Waals surface area contributed by atoms with Gasteiger partial charge in [-0.1, -0.05) is 12.1 Å². The maximum Gasteiger partial charge on any atom is 0.256 e. The second-order valence-corrected chi connectivity index (χ2v) is 5.52. The smallest absolute Gasteiger partial charge is 0.256 e. The normalized spacial score (nSPS) is 10.4. The van der Waals surface area contributed by atoms with Crippen molar-refractivity contribution in [2.45, 2.75) is 19.9 Å². The standard InChI is InChI=1S/C15H16BrN3O/c1-10(2)18-14-8-7-11(9-17-14)19-15(20)12-5-3-4-6-13(12)16/h3-10H,1-2H3,(H,17,18)(H,19,20). The number of nitrogens with one attached hydrogen (secondary N) is 2. The zero-order valence-electron chi connectivity index (χ0n) is 11.4. The molecular weight excluding hydrogens is 318 g/mol. The number of hydrogen-bond acceptors (Lipinski definition) is 3. The van der Waals surface area contributed by atoms with Crippen LogP contribution in [0.3, 0.4) is 0 Å². The summed E-state index contributed by atoms with van der Waals surface area (Å²) in [7, 11) is 0. The Morgan fingerprint density at radius 3 is 2.55 bits per heavy atom. The molecule has 0 atom stereocenters. The molecule has 0 aliphatic rings. The van der Waals surface area contributed by atoms with Gasteiger partial charge in [-0.3, -0.25) is 4.79 Å². The number of halogens is 1. The van der Waals surface area contributed by atoms with Crippen molar-refractivity contribution >= 4 is 33.3 Å². The summed E-state index contributed by atoms with van der Waals surface area (Å²) in [5.74, 6) is 0.628. The third kappa shape index (κ3) is 3.81. The van der Waals surface area contributed by atoms with Crippen LogP contribution >= 0.6 is 15.9 Å². The van der Waals surface area contributed by atoms with Gasteiger partial charge in [0, 0.05) is 10.5 Å². The molecule has 0 fully saturated rings. The predicted molar refractivity (Wildman–Crippen MR) is 85.1 cm³/mol. The zero-order chi connectivity index (χ0) is 14.5. The molecule has 1 aromatic carbocycles. The van der Waals surface area contributed by atoms with Crippen LogP contribution in [0.5, 0.6) is 0 Å². The lowest BCUT2D eigenvalue weighted by atomic mass is 10.2. The molecule has 0 saturated heterocycles. The molecule has 1 amide bonds. The number of pyridine rings is 1. The Hall–Kier alpha value is -1.88. The Kier molecular flexibility index (Phi) is 4.74. The summed E-state index contributed by atoms with van der Waals surface area (Å²) in [5, 5.41) is 6.02. The average Bonchev–Trinajstić information content (AvgIpc) is 2.41. The minimum Gasteiger partial charge on any atom is -0.368 e. The van der Waals surface area contributed by atoms with E-state index in [9.17, 15) is 4.79 Å². The number of carbonyl (C=O) groups excluding carboxylic acids is 1. The Balaban J connectivity index is 2.07. The lowest BCUT2D eigenvalue weighted by Gasteiger charge is -2.10. The zero-order valence-corrected chi connectivity index (χ0v) is 12.9. The molecule has 0 spiro atoms. The van der Waals surface area contributed by atoms with E-state index < -0.39 is 0 Å². The first-order valence-corrected chi connectivity index (χ1v) is 7.14. The molecule has 0 aliphatic heterocycles. The molecule has 0 saturated carbocycles. The van der Waals surface area contributed by atoms with Gasteiger partial charge in [-0.15, -0.1) is 0 Å².